The lowest BCUT2D eigenvalue weighted by Gasteiger charge is -2.32. The van der Waals surface area contributed by atoms with Gasteiger partial charge in [-0.25, -0.2) is 0 Å². The number of hydrogen-bond donors (Lipinski definition) is 1. The average molecular weight is 321 g/mol. The number of carbonyl (C=O) groups is 1. The topological polar surface area (TPSA) is 45.5 Å². The maximum absolute atomic E-state index is 12.7. The zero-order valence-corrected chi connectivity index (χ0v) is 13.4. The minimum absolute atomic E-state index is 0. The Balaban J connectivity index is 0.00000176. The van der Waals surface area contributed by atoms with Gasteiger partial charge in [0.05, 0.1) is 6.26 Å². The number of carbonyl (C=O) groups excluding carboxylic acids is 1. The number of benzene rings is 1. The quantitative estimate of drug-likeness (QED) is 0.944. The molecule has 1 aromatic heterocycles. The molecule has 1 fully saturated rings. The van der Waals surface area contributed by atoms with Gasteiger partial charge in [-0.2, -0.15) is 0 Å². The molecule has 1 aliphatic heterocycles. The Morgan fingerprint density at radius 2 is 2.05 bits per heavy atom. The molecule has 2 heterocycles. The molecule has 2 aromatic rings. The lowest BCUT2D eigenvalue weighted by Crippen LogP contribution is -2.46. The molecule has 1 saturated heterocycles. The number of nitrogens with one attached hydrogen (secondary N) is 1. The van der Waals surface area contributed by atoms with Crippen LogP contribution >= 0.6 is 12.4 Å². The summed E-state index contributed by atoms with van der Waals surface area (Å²) in [6, 6.07) is 12.1. The summed E-state index contributed by atoms with van der Waals surface area (Å²) < 4.78 is 5.49. The van der Waals surface area contributed by atoms with Gasteiger partial charge in [-0.15, -0.1) is 12.4 Å². The summed E-state index contributed by atoms with van der Waals surface area (Å²) >= 11 is 0. The molecule has 1 N–H and O–H groups in total. The summed E-state index contributed by atoms with van der Waals surface area (Å²) in [5, 5.41) is 3.26. The summed E-state index contributed by atoms with van der Waals surface area (Å²) in [5.41, 5.74) is 1.88. The van der Waals surface area contributed by atoms with Gasteiger partial charge in [0, 0.05) is 24.7 Å². The highest BCUT2D eigenvalue weighted by atomic mass is 35.5. The molecule has 1 amide bonds. The third kappa shape index (κ3) is 3.34. The van der Waals surface area contributed by atoms with Gasteiger partial charge >= 0.3 is 0 Å². The molecule has 5 heteroatoms. The Hall–Kier alpha value is -1.78. The molecular weight excluding hydrogens is 300 g/mol. The Bertz CT molecular complexity index is 612. The van der Waals surface area contributed by atoms with E-state index in [1.165, 1.54) is 0 Å². The molecule has 1 aromatic carbocycles. The van der Waals surface area contributed by atoms with E-state index in [1.807, 2.05) is 48.3 Å². The SMILES string of the molecule is CNC1CCCN(C(=O)c2occc2-c2ccccc2)C1.Cl. The van der Waals surface area contributed by atoms with Crippen LogP contribution in [0.15, 0.2) is 47.1 Å². The smallest absolute Gasteiger partial charge is 0.290 e. The van der Waals surface area contributed by atoms with Crippen LogP contribution in [0, 0.1) is 0 Å². The number of piperidine rings is 1. The molecule has 1 aliphatic rings. The molecule has 0 bridgehead atoms. The second-order valence-corrected chi connectivity index (χ2v) is 5.41. The lowest BCUT2D eigenvalue weighted by atomic mass is 10.0. The number of halogens is 1. The van der Waals surface area contributed by atoms with Gasteiger partial charge < -0.3 is 14.6 Å². The van der Waals surface area contributed by atoms with Crippen molar-refractivity contribution in [3.63, 3.8) is 0 Å². The van der Waals surface area contributed by atoms with E-state index in [2.05, 4.69) is 5.32 Å². The molecule has 0 spiro atoms. The predicted molar refractivity (Wildman–Crippen MR) is 89.4 cm³/mol. The van der Waals surface area contributed by atoms with Crippen molar-refractivity contribution in [1.29, 1.82) is 0 Å². The van der Waals surface area contributed by atoms with Gasteiger partial charge in [0.25, 0.3) is 5.91 Å². The summed E-state index contributed by atoms with van der Waals surface area (Å²) in [5.74, 6) is 0.428. The minimum atomic E-state index is -0.0150. The maximum Gasteiger partial charge on any atom is 0.290 e. The van der Waals surface area contributed by atoms with Crippen molar-refractivity contribution in [3.8, 4) is 11.1 Å². The van der Waals surface area contributed by atoms with Gasteiger partial charge in [-0.1, -0.05) is 30.3 Å². The number of likely N-dealkylation sites (tertiary alicyclic amines) is 1. The molecule has 3 rings (SSSR count). The Kier molecular flexibility index (Phi) is 5.63. The first-order chi connectivity index (χ1) is 10.3. The van der Waals surface area contributed by atoms with E-state index in [0.29, 0.717) is 11.8 Å². The molecule has 1 atom stereocenters. The second kappa shape index (κ2) is 7.47. The van der Waals surface area contributed by atoms with Crippen LogP contribution in [0.1, 0.15) is 23.4 Å². The average Bonchev–Trinajstić information content (AvgIpc) is 3.04. The van der Waals surface area contributed by atoms with Crippen molar-refractivity contribution in [2.24, 2.45) is 0 Å². The van der Waals surface area contributed by atoms with E-state index in [1.54, 1.807) is 6.26 Å². The van der Waals surface area contributed by atoms with Crippen LogP contribution < -0.4 is 5.32 Å². The van der Waals surface area contributed by atoms with E-state index in [0.717, 1.165) is 37.1 Å². The Labute approximate surface area is 136 Å². The normalized spacial score (nSPS) is 17.9. The first kappa shape index (κ1) is 16.6. The minimum Gasteiger partial charge on any atom is -0.459 e. The zero-order valence-electron chi connectivity index (χ0n) is 12.6. The maximum atomic E-state index is 12.7. The number of rotatable bonds is 3. The Morgan fingerprint density at radius 3 is 2.77 bits per heavy atom. The molecular formula is C17H21ClN2O2. The van der Waals surface area contributed by atoms with Crippen LogP contribution in [0.5, 0.6) is 0 Å². The van der Waals surface area contributed by atoms with Crippen molar-refractivity contribution < 1.29 is 9.21 Å². The Morgan fingerprint density at radius 1 is 1.27 bits per heavy atom. The van der Waals surface area contributed by atoms with Crippen molar-refractivity contribution >= 4 is 18.3 Å². The fourth-order valence-electron chi connectivity index (χ4n) is 2.86. The van der Waals surface area contributed by atoms with Crippen LogP contribution in [0.2, 0.25) is 0 Å². The molecule has 0 aliphatic carbocycles. The van der Waals surface area contributed by atoms with E-state index in [-0.39, 0.29) is 18.3 Å². The highest BCUT2D eigenvalue weighted by molar-refractivity contribution is 5.98. The van der Waals surface area contributed by atoms with Crippen molar-refractivity contribution in [2.75, 3.05) is 20.1 Å². The largest absolute Gasteiger partial charge is 0.459 e. The van der Waals surface area contributed by atoms with Crippen LogP contribution in [-0.4, -0.2) is 37.0 Å². The van der Waals surface area contributed by atoms with E-state index < -0.39 is 0 Å². The first-order valence-electron chi connectivity index (χ1n) is 7.39. The van der Waals surface area contributed by atoms with E-state index in [4.69, 9.17) is 4.42 Å². The fraction of sp³-hybridized carbons (Fsp3) is 0.353. The van der Waals surface area contributed by atoms with Crippen LogP contribution in [-0.2, 0) is 0 Å². The summed E-state index contributed by atoms with van der Waals surface area (Å²) in [6.07, 6.45) is 3.73. The fourth-order valence-corrected chi connectivity index (χ4v) is 2.86. The van der Waals surface area contributed by atoms with Gasteiger partial charge in [-0.05, 0) is 31.5 Å². The summed E-state index contributed by atoms with van der Waals surface area (Å²) in [6.45, 7) is 1.54. The second-order valence-electron chi connectivity index (χ2n) is 5.41. The predicted octanol–water partition coefficient (Wildman–Crippen LogP) is 3.19. The lowest BCUT2D eigenvalue weighted by molar-refractivity contribution is 0.0667. The third-order valence-corrected chi connectivity index (χ3v) is 4.06. The highest BCUT2D eigenvalue weighted by Gasteiger charge is 2.27. The molecule has 118 valence electrons. The van der Waals surface area contributed by atoms with Gasteiger partial charge in [-0.3, -0.25) is 4.79 Å². The van der Waals surface area contributed by atoms with Gasteiger partial charge in [0.1, 0.15) is 0 Å². The third-order valence-electron chi connectivity index (χ3n) is 4.06. The number of likely N-dealkylation sites (N-methyl/N-ethyl adjacent to an activating group) is 1. The van der Waals surface area contributed by atoms with Crippen LogP contribution in [0.25, 0.3) is 11.1 Å². The summed E-state index contributed by atoms with van der Waals surface area (Å²) in [7, 11) is 1.95. The molecule has 0 radical (unpaired) electrons. The molecule has 0 saturated carbocycles. The van der Waals surface area contributed by atoms with Crippen LogP contribution in [0.3, 0.4) is 0 Å². The monoisotopic (exact) mass is 320 g/mol. The van der Waals surface area contributed by atoms with E-state index >= 15 is 0 Å². The van der Waals surface area contributed by atoms with E-state index in [9.17, 15) is 4.79 Å². The zero-order chi connectivity index (χ0) is 14.7. The number of hydrogen-bond acceptors (Lipinski definition) is 3. The van der Waals surface area contributed by atoms with Crippen molar-refractivity contribution in [1.82, 2.24) is 10.2 Å². The summed E-state index contributed by atoms with van der Waals surface area (Å²) in [4.78, 5) is 14.6. The van der Waals surface area contributed by atoms with Crippen LogP contribution in [0.4, 0.5) is 0 Å². The number of furan rings is 1. The van der Waals surface area contributed by atoms with Crippen molar-refractivity contribution in [2.45, 2.75) is 18.9 Å². The van der Waals surface area contributed by atoms with Crippen molar-refractivity contribution in [3.05, 3.63) is 48.4 Å². The highest BCUT2D eigenvalue weighted by Crippen LogP contribution is 2.26. The number of nitrogens with zero attached hydrogens (tertiary/aromatic N) is 1. The molecule has 1 unspecified atom stereocenters. The first-order valence-corrected chi connectivity index (χ1v) is 7.39. The molecule has 4 nitrogen and oxygen atoms in total. The van der Waals surface area contributed by atoms with Gasteiger partial charge in [0.2, 0.25) is 0 Å². The van der Waals surface area contributed by atoms with Gasteiger partial charge in [0.15, 0.2) is 5.76 Å². The molecule has 22 heavy (non-hydrogen) atoms. The number of amides is 1. The standard InChI is InChI=1S/C17H20N2O2.ClH/c1-18-14-8-5-10-19(12-14)17(20)16-15(9-11-21-16)13-6-3-2-4-7-13;/h2-4,6-7,9,11,14,18H,5,8,10,12H2,1H3;1H.